The third-order valence-electron chi connectivity index (χ3n) is 9.24. The van der Waals surface area contributed by atoms with Gasteiger partial charge in [-0.1, -0.05) is 31.2 Å². The molecule has 2 aliphatic rings. The molecule has 0 radical (unpaired) electrons. The summed E-state index contributed by atoms with van der Waals surface area (Å²) in [5, 5.41) is 3.69. The quantitative estimate of drug-likeness (QED) is 0.187. The summed E-state index contributed by atoms with van der Waals surface area (Å²) in [6.45, 7) is 3.82. The fraction of sp³-hybridized carbons (Fsp3) is 0.371. The number of aromatic nitrogens is 3. The third kappa shape index (κ3) is 5.54. The average molecular weight is 646 g/mol. The molecule has 244 valence electrons. The largest absolute Gasteiger partial charge is 0.472 e. The van der Waals surface area contributed by atoms with Gasteiger partial charge in [0.05, 0.1) is 24.8 Å². The number of anilines is 2. The van der Waals surface area contributed by atoms with Gasteiger partial charge in [0.1, 0.15) is 22.9 Å². The zero-order chi connectivity index (χ0) is 32.9. The lowest BCUT2D eigenvalue weighted by atomic mass is 9.80. The zero-order valence-electron chi connectivity index (χ0n) is 26.2. The van der Waals surface area contributed by atoms with E-state index in [-0.39, 0.29) is 61.2 Å². The molecule has 2 fully saturated rings. The number of nitrogens with one attached hydrogen (secondary N) is 1. The van der Waals surface area contributed by atoms with Crippen molar-refractivity contribution in [3.05, 3.63) is 72.2 Å². The van der Waals surface area contributed by atoms with Crippen LogP contribution in [0.3, 0.4) is 0 Å². The highest BCUT2D eigenvalue weighted by Gasteiger charge is 2.45. The van der Waals surface area contributed by atoms with Crippen molar-refractivity contribution in [2.24, 2.45) is 5.92 Å². The van der Waals surface area contributed by atoms with Crippen LogP contribution in [0.1, 0.15) is 44.5 Å². The minimum atomic E-state index is -2.95. The Labute approximate surface area is 269 Å². The highest BCUT2D eigenvalue weighted by atomic mass is 19.3. The van der Waals surface area contributed by atoms with E-state index < -0.39 is 36.0 Å². The number of furan rings is 1. The van der Waals surface area contributed by atoms with Crippen LogP contribution < -0.4 is 15.0 Å². The Morgan fingerprint density at radius 1 is 1.13 bits per heavy atom. The minimum Gasteiger partial charge on any atom is -0.472 e. The van der Waals surface area contributed by atoms with Gasteiger partial charge in [-0.2, -0.15) is 0 Å². The Morgan fingerprint density at radius 3 is 2.72 bits per heavy atom. The number of fused-ring (bicyclic) bond motifs is 3. The molecule has 2 aliphatic heterocycles. The Hall–Kier alpha value is -4.71. The smallest absolute Gasteiger partial charge is 0.297 e. The van der Waals surface area contributed by atoms with Crippen LogP contribution in [-0.2, 0) is 15.2 Å². The van der Waals surface area contributed by atoms with Gasteiger partial charge in [0.15, 0.2) is 23.0 Å². The number of benzene rings is 2. The molecule has 2 aromatic carbocycles. The maximum Gasteiger partial charge on any atom is 0.297 e. The molecular formula is C35H34F3N5O4. The summed E-state index contributed by atoms with van der Waals surface area (Å²) in [5.74, 6) is -1.14. The summed E-state index contributed by atoms with van der Waals surface area (Å²) in [6, 6.07) is 15.8. The van der Waals surface area contributed by atoms with E-state index in [1.165, 1.54) is 6.92 Å². The van der Waals surface area contributed by atoms with Gasteiger partial charge in [0.2, 0.25) is 5.88 Å². The normalized spacial score (nSPS) is 23.1. The number of ether oxygens (including phenoxy) is 2. The number of alkyl halides is 3. The van der Waals surface area contributed by atoms with E-state index in [0.717, 1.165) is 16.8 Å². The summed E-state index contributed by atoms with van der Waals surface area (Å²) < 4.78 is 63.3. The molecule has 0 saturated carbocycles. The van der Waals surface area contributed by atoms with E-state index in [1.807, 2.05) is 31.3 Å². The third-order valence-corrected chi connectivity index (χ3v) is 9.24. The molecule has 0 bridgehead atoms. The van der Waals surface area contributed by atoms with Crippen LogP contribution >= 0.6 is 0 Å². The van der Waals surface area contributed by atoms with Crippen LogP contribution in [0.2, 0.25) is 0 Å². The van der Waals surface area contributed by atoms with Crippen molar-refractivity contribution in [2.75, 3.05) is 37.0 Å². The number of hydrogen-bond donors (Lipinski definition) is 1. The number of Topliss-reactive ketones (excluding diaryl/α,β-unsaturated/α-hetero) is 1. The lowest BCUT2D eigenvalue weighted by Gasteiger charge is -2.37. The number of halogens is 3. The maximum absolute atomic E-state index is 17.0. The van der Waals surface area contributed by atoms with Crippen molar-refractivity contribution in [3.8, 4) is 17.0 Å². The molecule has 4 atom stereocenters. The molecule has 3 aromatic heterocycles. The Balaban J connectivity index is 1.28. The maximum atomic E-state index is 17.0. The monoisotopic (exact) mass is 645 g/mol. The highest BCUT2D eigenvalue weighted by Crippen LogP contribution is 2.46. The lowest BCUT2D eigenvalue weighted by Crippen LogP contribution is -2.38. The van der Waals surface area contributed by atoms with E-state index in [1.54, 1.807) is 48.4 Å². The molecule has 0 aliphatic carbocycles. The molecule has 5 heterocycles. The first-order chi connectivity index (χ1) is 22.7. The van der Waals surface area contributed by atoms with Crippen molar-refractivity contribution in [3.63, 3.8) is 0 Å². The number of ketones is 1. The van der Waals surface area contributed by atoms with Gasteiger partial charge in [-0.15, -0.1) is 0 Å². The first kappa shape index (κ1) is 30.9. The van der Waals surface area contributed by atoms with E-state index in [4.69, 9.17) is 13.9 Å². The van der Waals surface area contributed by atoms with Crippen LogP contribution in [0.5, 0.6) is 5.88 Å². The second-order valence-corrected chi connectivity index (χ2v) is 12.2. The topological polar surface area (TPSA) is 103 Å². The summed E-state index contributed by atoms with van der Waals surface area (Å²) in [5.41, 5.74) is 1.91. The molecule has 2 saturated heterocycles. The fourth-order valence-electron chi connectivity index (χ4n) is 6.66. The highest BCUT2D eigenvalue weighted by molar-refractivity contribution is 6.06. The van der Waals surface area contributed by atoms with E-state index in [9.17, 15) is 13.6 Å². The van der Waals surface area contributed by atoms with E-state index in [0.29, 0.717) is 16.5 Å². The van der Waals surface area contributed by atoms with Crippen LogP contribution in [0.25, 0.3) is 33.2 Å². The van der Waals surface area contributed by atoms with Crippen LogP contribution in [0.15, 0.2) is 65.2 Å². The summed E-state index contributed by atoms with van der Waals surface area (Å²) in [7, 11) is 1.83. The summed E-state index contributed by atoms with van der Waals surface area (Å²) in [4.78, 5) is 27.6. The zero-order valence-corrected chi connectivity index (χ0v) is 26.2. The summed E-state index contributed by atoms with van der Waals surface area (Å²) in [6.07, 6.45) is -1.61. The van der Waals surface area contributed by atoms with Crippen molar-refractivity contribution >= 4 is 39.4 Å². The second kappa shape index (κ2) is 12.1. The van der Waals surface area contributed by atoms with Gasteiger partial charge < -0.3 is 24.1 Å². The number of pyridine rings is 1. The van der Waals surface area contributed by atoms with Gasteiger partial charge in [0, 0.05) is 55.2 Å². The Bertz CT molecular complexity index is 1970. The van der Waals surface area contributed by atoms with Crippen LogP contribution in [0, 0.1) is 5.92 Å². The minimum absolute atomic E-state index is 0.0840. The number of carbonyl (C=O) groups excluding carboxylic acids is 1. The predicted octanol–water partition coefficient (Wildman–Crippen LogP) is 7.25. The van der Waals surface area contributed by atoms with E-state index >= 15 is 4.39 Å². The van der Waals surface area contributed by atoms with Gasteiger partial charge in [0.25, 0.3) is 6.43 Å². The number of hydrogen-bond acceptors (Lipinski definition) is 9. The number of rotatable bonds is 8. The molecule has 1 N–H and O–H groups in total. The van der Waals surface area contributed by atoms with Crippen molar-refractivity contribution < 1.29 is 31.9 Å². The van der Waals surface area contributed by atoms with E-state index in [2.05, 4.69) is 20.3 Å². The molecule has 12 heteroatoms. The average Bonchev–Trinajstić information content (AvgIpc) is 3.68. The van der Waals surface area contributed by atoms with Crippen LogP contribution in [-0.4, -0.2) is 59.7 Å². The van der Waals surface area contributed by atoms with Crippen molar-refractivity contribution in [1.29, 1.82) is 0 Å². The number of carbonyl (C=O) groups is 1. The lowest BCUT2D eigenvalue weighted by molar-refractivity contribution is -0.118. The first-order valence-electron chi connectivity index (χ1n) is 15.6. The summed E-state index contributed by atoms with van der Waals surface area (Å²) >= 11 is 0. The molecule has 9 nitrogen and oxygen atoms in total. The number of nitrogens with zero attached hydrogens (tertiary/aromatic N) is 4. The van der Waals surface area contributed by atoms with Gasteiger partial charge >= 0.3 is 0 Å². The molecule has 7 rings (SSSR count). The van der Waals surface area contributed by atoms with Gasteiger partial charge in [-0.3, -0.25) is 4.79 Å². The Kier molecular flexibility index (Phi) is 7.99. The molecule has 0 amide bonds. The molecule has 0 spiro atoms. The predicted molar refractivity (Wildman–Crippen MR) is 172 cm³/mol. The molecule has 47 heavy (non-hydrogen) atoms. The standard InChI is InChI=1S/C35H34F3N5O4/c1-19-18-45-12-11-35(19,38)26-14-22(21-7-6-8-23(13-21)39-3)16-40-34(26)46-24-15-27(20(2)44)43(17-24)33-30-29(41-32(42-33)31(36)37)25-9-4-5-10-28(25)47-30/h4-10,13-14,16,19,24,27,31,39H,11-12,15,17-18H2,1-3H3/t19-,24-,27-,35+/m0/s1. The van der Waals surface area contributed by atoms with Crippen molar-refractivity contribution in [2.45, 2.75) is 50.9 Å². The SMILES string of the molecule is CNc1cccc(-c2cnc(O[C@H]3C[C@@H](C(C)=O)N(c4nc(C(F)F)nc5c4oc4ccccc45)C3)c([C@@]3(F)CCOC[C@@H]3C)c2)c1. The fourth-order valence-corrected chi connectivity index (χ4v) is 6.66. The Morgan fingerprint density at radius 2 is 1.96 bits per heavy atom. The van der Waals surface area contributed by atoms with Crippen LogP contribution in [0.4, 0.5) is 24.7 Å². The number of para-hydroxylation sites is 1. The molecule has 5 aromatic rings. The first-order valence-corrected chi connectivity index (χ1v) is 15.6. The molecular weight excluding hydrogens is 611 g/mol. The van der Waals surface area contributed by atoms with Gasteiger partial charge in [-0.05, 0) is 42.8 Å². The second-order valence-electron chi connectivity index (χ2n) is 12.2. The van der Waals surface area contributed by atoms with Crippen molar-refractivity contribution in [1.82, 2.24) is 15.0 Å². The van der Waals surface area contributed by atoms with Gasteiger partial charge in [-0.25, -0.2) is 28.1 Å². The molecule has 0 unspecified atom stereocenters.